The second-order valence-corrected chi connectivity index (χ2v) is 6.29. The molecule has 0 spiro atoms. The molecule has 0 fully saturated rings. The first-order valence-electron chi connectivity index (χ1n) is 6.29. The highest BCUT2D eigenvalue weighted by Gasteiger charge is 2.36. The van der Waals surface area contributed by atoms with Crippen molar-refractivity contribution in [2.75, 3.05) is 32.2 Å². The number of para-hydroxylation sites is 1. The predicted molar refractivity (Wildman–Crippen MR) is 76.6 cm³/mol. The maximum Gasteiger partial charge on any atom is 0.363 e. The van der Waals surface area contributed by atoms with Crippen molar-refractivity contribution in [1.82, 2.24) is 0 Å². The minimum absolute atomic E-state index is 0.221. The summed E-state index contributed by atoms with van der Waals surface area (Å²) in [5.74, 6) is -1.29. The van der Waals surface area contributed by atoms with E-state index in [1.807, 2.05) is 31.1 Å². The minimum atomic E-state index is -3.57. The number of hydrogen-bond donors (Lipinski definition) is 1. The third kappa shape index (κ3) is 3.80. The maximum atomic E-state index is 12.6. The summed E-state index contributed by atoms with van der Waals surface area (Å²) < 4.78 is 22.9. The molecular formula is C13H22NO4P. The zero-order valence-electron chi connectivity index (χ0n) is 11.9. The molecule has 1 atom stereocenters. The summed E-state index contributed by atoms with van der Waals surface area (Å²) in [5.41, 5.74) is 1.33. The Labute approximate surface area is 114 Å². The molecule has 1 unspecified atom stereocenters. The lowest BCUT2D eigenvalue weighted by molar-refractivity contribution is 0.150. The monoisotopic (exact) mass is 287 g/mol. The van der Waals surface area contributed by atoms with E-state index < -0.39 is 13.4 Å². The summed E-state index contributed by atoms with van der Waals surface area (Å²) in [6.07, 6.45) is 0. The standard InChI is InChI=1S/C13H22NO4P/c1-5-17-19(16,18-6-2)13(15)11-9-7-8-10-12(11)14(3)4/h7-10,13,15H,5-6H2,1-4H3. The van der Waals surface area contributed by atoms with Gasteiger partial charge < -0.3 is 19.1 Å². The molecule has 6 heteroatoms. The van der Waals surface area contributed by atoms with Crippen LogP contribution in [-0.4, -0.2) is 32.4 Å². The summed E-state index contributed by atoms with van der Waals surface area (Å²) in [7, 11) is 0.148. The molecule has 0 aliphatic heterocycles. The Kier molecular flexibility index (Phi) is 6.01. The number of aliphatic hydroxyl groups is 1. The van der Waals surface area contributed by atoms with Gasteiger partial charge in [-0.3, -0.25) is 4.57 Å². The Morgan fingerprint density at radius 2 is 1.74 bits per heavy atom. The first-order valence-corrected chi connectivity index (χ1v) is 7.90. The van der Waals surface area contributed by atoms with Gasteiger partial charge in [0, 0.05) is 25.3 Å². The van der Waals surface area contributed by atoms with Gasteiger partial charge in [-0.05, 0) is 19.9 Å². The normalized spacial score (nSPS) is 13.3. The first kappa shape index (κ1) is 16.2. The molecule has 0 heterocycles. The predicted octanol–water partition coefficient (Wildman–Crippen LogP) is 3.01. The summed E-state index contributed by atoms with van der Waals surface area (Å²) in [6.45, 7) is 3.88. The Morgan fingerprint density at radius 1 is 1.21 bits per heavy atom. The van der Waals surface area contributed by atoms with Crippen molar-refractivity contribution in [1.29, 1.82) is 0 Å². The summed E-state index contributed by atoms with van der Waals surface area (Å²) in [5, 5.41) is 10.4. The highest BCUT2D eigenvalue weighted by molar-refractivity contribution is 7.54. The van der Waals surface area contributed by atoms with E-state index in [1.54, 1.807) is 26.0 Å². The summed E-state index contributed by atoms with van der Waals surface area (Å²) in [4.78, 5) is 1.85. The highest BCUT2D eigenvalue weighted by atomic mass is 31.2. The van der Waals surface area contributed by atoms with Crippen LogP contribution in [-0.2, 0) is 13.6 Å². The second-order valence-electron chi connectivity index (χ2n) is 4.20. The first-order chi connectivity index (χ1) is 8.96. The van der Waals surface area contributed by atoms with Crippen LogP contribution in [0.15, 0.2) is 24.3 Å². The zero-order chi connectivity index (χ0) is 14.5. The molecule has 0 aliphatic carbocycles. The topological polar surface area (TPSA) is 59.0 Å². The van der Waals surface area contributed by atoms with Crippen molar-refractivity contribution in [3.05, 3.63) is 29.8 Å². The van der Waals surface area contributed by atoms with Gasteiger partial charge in [0.1, 0.15) is 0 Å². The van der Waals surface area contributed by atoms with Gasteiger partial charge in [-0.25, -0.2) is 0 Å². The molecule has 19 heavy (non-hydrogen) atoms. The summed E-state index contributed by atoms with van der Waals surface area (Å²) >= 11 is 0. The van der Waals surface area contributed by atoms with E-state index >= 15 is 0 Å². The van der Waals surface area contributed by atoms with E-state index in [2.05, 4.69) is 0 Å². The Morgan fingerprint density at radius 3 is 2.21 bits per heavy atom. The Balaban J connectivity index is 3.16. The Bertz CT molecular complexity index is 440. The van der Waals surface area contributed by atoms with Crippen molar-refractivity contribution in [2.45, 2.75) is 19.7 Å². The van der Waals surface area contributed by atoms with Crippen molar-refractivity contribution >= 4 is 13.3 Å². The van der Waals surface area contributed by atoms with Gasteiger partial charge in [0.05, 0.1) is 13.2 Å². The van der Waals surface area contributed by atoms with Gasteiger partial charge in [-0.15, -0.1) is 0 Å². The second kappa shape index (κ2) is 7.06. The largest absolute Gasteiger partial charge is 0.377 e. The number of benzene rings is 1. The van der Waals surface area contributed by atoms with E-state index in [9.17, 15) is 9.67 Å². The lowest BCUT2D eigenvalue weighted by atomic mass is 10.2. The molecule has 1 aromatic rings. The molecule has 5 nitrogen and oxygen atoms in total. The molecule has 0 aliphatic rings. The number of anilines is 1. The van der Waals surface area contributed by atoms with Crippen LogP contribution in [0.3, 0.4) is 0 Å². The van der Waals surface area contributed by atoms with Gasteiger partial charge in [0.2, 0.25) is 0 Å². The van der Waals surface area contributed by atoms with Crippen molar-refractivity contribution in [3.63, 3.8) is 0 Å². The molecule has 108 valence electrons. The summed E-state index contributed by atoms with van der Waals surface area (Å²) in [6, 6.07) is 7.22. The average molecular weight is 287 g/mol. The van der Waals surface area contributed by atoms with Gasteiger partial charge in [-0.2, -0.15) is 0 Å². The lowest BCUT2D eigenvalue weighted by Gasteiger charge is -2.26. The van der Waals surface area contributed by atoms with Gasteiger partial charge in [-0.1, -0.05) is 18.2 Å². The maximum absolute atomic E-state index is 12.6. The van der Waals surface area contributed by atoms with Crippen LogP contribution < -0.4 is 4.90 Å². The van der Waals surface area contributed by atoms with E-state index in [0.29, 0.717) is 5.56 Å². The van der Waals surface area contributed by atoms with Crippen LogP contribution >= 0.6 is 7.60 Å². The van der Waals surface area contributed by atoms with Crippen LogP contribution in [0.25, 0.3) is 0 Å². The zero-order valence-corrected chi connectivity index (χ0v) is 12.8. The molecule has 0 saturated carbocycles. The highest BCUT2D eigenvalue weighted by Crippen LogP contribution is 2.60. The van der Waals surface area contributed by atoms with Crippen LogP contribution in [0.4, 0.5) is 5.69 Å². The van der Waals surface area contributed by atoms with E-state index in [-0.39, 0.29) is 13.2 Å². The van der Waals surface area contributed by atoms with Crippen LogP contribution in [0.1, 0.15) is 25.3 Å². The Hall–Kier alpha value is -0.870. The molecule has 0 amide bonds. The fraction of sp³-hybridized carbons (Fsp3) is 0.538. The molecule has 1 rings (SSSR count). The third-order valence-electron chi connectivity index (χ3n) is 2.61. The quantitative estimate of drug-likeness (QED) is 0.781. The van der Waals surface area contributed by atoms with Gasteiger partial charge in [0.25, 0.3) is 0 Å². The lowest BCUT2D eigenvalue weighted by Crippen LogP contribution is -2.14. The molecule has 1 N–H and O–H groups in total. The number of nitrogens with zero attached hydrogens (tertiary/aromatic N) is 1. The average Bonchev–Trinajstić information content (AvgIpc) is 2.38. The third-order valence-corrected chi connectivity index (χ3v) is 4.73. The van der Waals surface area contributed by atoms with Crippen LogP contribution in [0.5, 0.6) is 0 Å². The van der Waals surface area contributed by atoms with Crippen LogP contribution in [0, 0.1) is 0 Å². The van der Waals surface area contributed by atoms with Crippen molar-refractivity contribution in [2.24, 2.45) is 0 Å². The fourth-order valence-corrected chi connectivity index (χ4v) is 3.46. The van der Waals surface area contributed by atoms with E-state index in [0.717, 1.165) is 5.69 Å². The number of aliphatic hydroxyl groups excluding tert-OH is 1. The molecule has 0 saturated heterocycles. The molecule has 1 aromatic carbocycles. The molecular weight excluding hydrogens is 265 g/mol. The fourth-order valence-electron chi connectivity index (χ4n) is 1.82. The molecule has 0 radical (unpaired) electrons. The smallest absolute Gasteiger partial charge is 0.363 e. The van der Waals surface area contributed by atoms with Crippen molar-refractivity contribution < 1.29 is 18.7 Å². The van der Waals surface area contributed by atoms with Gasteiger partial charge in [0.15, 0.2) is 5.85 Å². The van der Waals surface area contributed by atoms with E-state index in [1.165, 1.54) is 0 Å². The van der Waals surface area contributed by atoms with Crippen LogP contribution in [0.2, 0.25) is 0 Å². The van der Waals surface area contributed by atoms with E-state index in [4.69, 9.17) is 9.05 Å². The SMILES string of the molecule is CCOP(=O)(OCC)C(O)c1ccccc1N(C)C. The minimum Gasteiger partial charge on any atom is -0.377 e. The van der Waals surface area contributed by atoms with Crippen molar-refractivity contribution in [3.8, 4) is 0 Å². The number of rotatable bonds is 7. The van der Waals surface area contributed by atoms with Gasteiger partial charge >= 0.3 is 7.60 Å². The molecule has 0 aromatic heterocycles. The molecule has 0 bridgehead atoms. The number of hydrogen-bond acceptors (Lipinski definition) is 5.